The molecule has 126 valence electrons. The van der Waals surface area contributed by atoms with Crippen molar-refractivity contribution in [3.8, 4) is 0 Å². The zero-order valence-corrected chi connectivity index (χ0v) is 14.3. The van der Waals surface area contributed by atoms with Gasteiger partial charge >= 0.3 is 0 Å². The van der Waals surface area contributed by atoms with E-state index in [9.17, 15) is 9.59 Å². The van der Waals surface area contributed by atoms with Crippen LogP contribution in [-0.2, 0) is 17.9 Å². The first kappa shape index (κ1) is 15.6. The number of carbonyl (C=O) groups is 1. The van der Waals surface area contributed by atoms with Gasteiger partial charge in [0.05, 0.1) is 6.33 Å². The minimum Gasteiger partial charge on any atom is -0.448 e. The molecule has 4 rings (SSSR count). The van der Waals surface area contributed by atoms with Crippen molar-refractivity contribution in [2.24, 2.45) is 0 Å². The summed E-state index contributed by atoms with van der Waals surface area (Å²) >= 11 is 1.59. The summed E-state index contributed by atoms with van der Waals surface area (Å²) in [7, 11) is 1.72. The van der Waals surface area contributed by atoms with Gasteiger partial charge in [-0.1, -0.05) is 12.1 Å². The summed E-state index contributed by atoms with van der Waals surface area (Å²) in [5.74, 6) is -0.162. The molecule has 0 aliphatic heterocycles. The number of likely N-dealkylation sites (N-methyl/N-ethyl adjacent to an activating group) is 1. The summed E-state index contributed by atoms with van der Waals surface area (Å²) in [6.07, 6.45) is 1.41. The molecule has 0 saturated carbocycles. The molecule has 1 aromatic carbocycles. The molecule has 0 aliphatic carbocycles. The predicted molar refractivity (Wildman–Crippen MR) is 96.6 cm³/mol. The predicted octanol–water partition coefficient (Wildman–Crippen LogP) is 2.86. The van der Waals surface area contributed by atoms with E-state index in [4.69, 9.17) is 4.42 Å². The van der Waals surface area contributed by atoms with Crippen molar-refractivity contribution >= 4 is 39.3 Å². The maximum absolute atomic E-state index is 12.6. The zero-order chi connectivity index (χ0) is 17.4. The van der Waals surface area contributed by atoms with Crippen LogP contribution in [0.4, 0.5) is 0 Å². The van der Waals surface area contributed by atoms with Crippen molar-refractivity contribution in [2.45, 2.75) is 13.1 Å². The number of benzene rings is 1. The van der Waals surface area contributed by atoms with E-state index < -0.39 is 0 Å². The summed E-state index contributed by atoms with van der Waals surface area (Å²) in [6.45, 7) is 0.441. The standard InChI is InChI=1S/C18H15N3O3S/c1-20(8-12-6-7-25-10-12)15(22)9-21-11-19-16-13-4-2-3-5-14(13)24-17(16)18(21)23/h2-7,10-11H,8-9H2,1H3. The largest absolute Gasteiger partial charge is 0.448 e. The van der Waals surface area contributed by atoms with Gasteiger partial charge in [-0.05, 0) is 34.5 Å². The van der Waals surface area contributed by atoms with E-state index in [0.717, 1.165) is 10.9 Å². The highest BCUT2D eigenvalue weighted by Crippen LogP contribution is 2.24. The molecule has 0 saturated heterocycles. The van der Waals surface area contributed by atoms with Crippen molar-refractivity contribution in [2.75, 3.05) is 7.05 Å². The topological polar surface area (TPSA) is 68.3 Å². The highest BCUT2D eigenvalue weighted by atomic mass is 32.1. The maximum Gasteiger partial charge on any atom is 0.297 e. The second-order valence-corrected chi connectivity index (χ2v) is 6.62. The number of aromatic nitrogens is 2. The Bertz CT molecular complexity index is 1110. The van der Waals surface area contributed by atoms with Crippen LogP contribution in [0.5, 0.6) is 0 Å². The Morgan fingerprint density at radius 2 is 2.16 bits per heavy atom. The number of carbonyl (C=O) groups excluding carboxylic acids is 1. The van der Waals surface area contributed by atoms with Crippen LogP contribution in [0.25, 0.3) is 22.1 Å². The highest BCUT2D eigenvalue weighted by molar-refractivity contribution is 7.07. The minimum absolute atomic E-state index is 0.0700. The zero-order valence-electron chi connectivity index (χ0n) is 13.5. The van der Waals surface area contributed by atoms with Crippen LogP contribution in [0.15, 0.2) is 56.6 Å². The second kappa shape index (κ2) is 6.18. The molecule has 1 amide bonds. The quantitative estimate of drug-likeness (QED) is 0.566. The van der Waals surface area contributed by atoms with Crippen LogP contribution in [-0.4, -0.2) is 27.4 Å². The number of hydrogen-bond donors (Lipinski definition) is 0. The van der Waals surface area contributed by atoms with Gasteiger partial charge in [0.25, 0.3) is 5.56 Å². The fourth-order valence-electron chi connectivity index (χ4n) is 2.74. The van der Waals surface area contributed by atoms with E-state index in [-0.39, 0.29) is 23.6 Å². The van der Waals surface area contributed by atoms with Crippen LogP contribution >= 0.6 is 11.3 Å². The van der Waals surface area contributed by atoms with E-state index in [1.54, 1.807) is 29.4 Å². The van der Waals surface area contributed by atoms with E-state index in [1.165, 1.54) is 10.9 Å². The summed E-state index contributed by atoms with van der Waals surface area (Å²) in [5.41, 5.74) is 2.03. The number of furan rings is 1. The van der Waals surface area contributed by atoms with Crippen LogP contribution in [0, 0.1) is 0 Å². The van der Waals surface area contributed by atoms with Gasteiger partial charge in [0.2, 0.25) is 11.5 Å². The van der Waals surface area contributed by atoms with E-state index in [1.807, 2.05) is 35.0 Å². The van der Waals surface area contributed by atoms with Gasteiger partial charge in [-0.25, -0.2) is 4.98 Å². The van der Waals surface area contributed by atoms with Gasteiger partial charge in [-0.15, -0.1) is 0 Å². The number of amides is 1. The smallest absolute Gasteiger partial charge is 0.297 e. The molecule has 0 aliphatic rings. The number of nitrogens with zero attached hydrogens (tertiary/aromatic N) is 3. The van der Waals surface area contributed by atoms with Crippen molar-refractivity contribution in [3.05, 3.63) is 63.3 Å². The Kier molecular flexibility index (Phi) is 3.85. The van der Waals surface area contributed by atoms with Crippen LogP contribution in [0.3, 0.4) is 0 Å². The van der Waals surface area contributed by atoms with Crippen molar-refractivity contribution in [3.63, 3.8) is 0 Å². The van der Waals surface area contributed by atoms with Crippen LogP contribution in [0.1, 0.15) is 5.56 Å². The molecule has 7 heteroatoms. The van der Waals surface area contributed by atoms with Gasteiger partial charge in [0.15, 0.2) is 0 Å². The van der Waals surface area contributed by atoms with E-state index in [2.05, 4.69) is 4.98 Å². The molecule has 0 radical (unpaired) electrons. The third kappa shape index (κ3) is 2.83. The first-order valence-electron chi connectivity index (χ1n) is 7.75. The number of thiophene rings is 1. The lowest BCUT2D eigenvalue weighted by Crippen LogP contribution is -2.33. The maximum atomic E-state index is 12.6. The SMILES string of the molecule is CN(Cc1ccsc1)C(=O)Cn1cnc2c(oc3ccccc32)c1=O. The minimum atomic E-state index is -0.349. The van der Waals surface area contributed by atoms with Crippen LogP contribution < -0.4 is 5.56 Å². The third-order valence-corrected chi connectivity index (χ3v) is 4.81. The molecule has 6 nitrogen and oxygen atoms in total. The molecule has 0 bridgehead atoms. The summed E-state index contributed by atoms with van der Waals surface area (Å²) in [5, 5.41) is 4.76. The fraction of sp³-hybridized carbons (Fsp3) is 0.167. The van der Waals surface area contributed by atoms with Crippen molar-refractivity contribution in [1.82, 2.24) is 14.5 Å². The molecule has 0 N–H and O–H groups in total. The number of rotatable bonds is 4. The Labute approximate surface area is 146 Å². The summed E-state index contributed by atoms with van der Waals surface area (Å²) in [6, 6.07) is 9.33. The first-order chi connectivity index (χ1) is 12.1. The molecule has 0 unspecified atom stereocenters. The Balaban J connectivity index is 1.63. The van der Waals surface area contributed by atoms with Gasteiger partial charge in [-0.3, -0.25) is 14.2 Å². The first-order valence-corrected chi connectivity index (χ1v) is 8.69. The number of hydrogen-bond acceptors (Lipinski definition) is 5. The van der Waals surface area contributed by atoms with Gasteiger partial charge in [-0.2, -0.15) is 11.3 Å². The third-order valence-electron chi connectivity index (χ3n) is 4.08. The summed E-state index contributed by atoms with van der Waals surface area (Å²) < 4.78 is 6.92. The highest BCUT2D eigenvalue weighted by Gasteiger charge is 2.16. The summed E-state index contributed by atoms with van der Waals surface area (Å²) in [4.78, 5) is 31.0. The van der Waals surface area contributed by atoms with Gasteiger partial charge in [0.1, 0.15) is 17.6 Å². The Morgan fingerprint density at radius 1 is 1.32 bits per heavy atom. The molecular weight excluding hydrogens is 338 g/mol. The Morgan fingerprint density at radius 3 is 2.96 bits per heavy atom. The lowest BCUT2D eigenvalue weighted by molar-refractivity contribution is -0.131. The molecular formula is C18H15N3O3S. The van der Waals surface area contributed by atoms with E-state index >= 15 is 0 Å². The second-order valence-electron chi connectivity index (χ2n) is 5.83. The molecule has 0 fully saturated rings. The van der Waals surface area contributed by atoms with Gasteiger partial charge < -0.3 is 9.32 Å². The molecule has 4 aromatic rings. The van der Waals surface area contributed by atoms with Crippen molar-refractivity contribution in [1.29, 1.82) is 0 Å². The Hall–Kier alpha value is -2.93. The number of fused-ring (bicyclic) bond motifs is 3. The molecule has 3 heterocycles. The fourth-order valence-corrected chi connectivity index (χ4v) is 3.40. The lowest BCUT2D eigenvalue weighted by Gasteiger charge is -2.16. The molecule has 0 spiro atoms. The number of para-hydroxylation sites is 1. The monoisotopic (exact) mass is 353 g/mol. The van der Waals surface area contributed by atoms with E-state index in [0.29, 0.717) is 17.6 Å². The van der Waals surface area contributed by atoms with Gasteiger partial charge in [0, 0.05) is 19.0 Å². The van der Waals surface area contributed by atoms with Crippen LogP contribution in [0.2, 0.25) is 0 Å². The molecule has 25 heavy (non-hydrogen) atoms. The average Bonchev–Trinajstić information content (AvgIpc) is 3.25. The normalized spacial score (nSPS) is 11.2. The molecule has 0 atom stereocenters. The average molecular weight is 353 g/mol. The lowest BCUT2D eigenvalue weighted by atomic mass is 10.2. The molecule has 3 aromatic heterocycles. The van der Waals surface area contributed by atoms with Crippen molar-refractivity contribution < 1.29 is 9.21 Å².